The quantitative estimate of drug-likeness (QED) is 0.724. The van der Waals surface area contributed by atoms with Gasteiger partial charge in [0.1, 0.15) is 18.1 Å². The van der Waals surface area contributed by atoms with Crippen LogP contribution in [0.15, 0.2) is 42.5 Å². The maximum atomic E-state index is 12.8. The molecular weight excluding hydrogens is 344 g/mol. The standard InChI is InChI=1S/C21H26N2O4/c1-25-11-12-27-19-7-3-6-17(14-19)22-15-21(24)23-10-4-5-16-13-18(26-2)8-9-20(16)23/h3,6-9,13-14,22H,4-5,10-12,15H2,1-2H3. The molecule has 1 heterocycles. The molecule has 2 aromatic rings. The maximum absolute atomic E-state index is 12.8. The molecule has 1 aliphatic rings. The minimum Gasteiger partial charge on any atom is -0.497 e. The number of benzene rings is 2. The molecule has 27 heavy (non-hydrogen) atoms. The first-order valence-corrected chi connectivity index (χ1v) is 9.14. The van der Waals surface area contributed by atoms with Crippen LogP contribution < -0.4 is 19.7 Å². The summed E-state index contributed by atoms with van der Waals surface area (Å²) in [5, 5.41) is 3.20. The van der Waals surface area contributed by atoms with Crippen LogP contribution in [0.5, 0.6) is 11.5 Å². The number of methoxy groups -OCH3 is 2. The molecule has 0 saturated carbocycles. The average molecular weight is 370 g/mol. The lowest BCUT2D eigenvalue weighted by Gasteiger charge is -2.30. The van der Waals surface area contributed by atoms with Crippen LogP contribution in [0.2, 0.25) is 0 Å². The van der Waals surface area contributed by atoms with Crippen molar-refractivity contribution in [1.82, 2.24) is 0 Å². The van der Waals surface area contributed by atoms with Gasteiger partial charge >= 0.3 is 0 Å². The molecule has 0 saturated heterocycles. The highest BCUT2D eigenvalue weighted by molar-refractivity contribution is 5.97. The number of ether oxygens (including phenoxy) is 3. The predicted molar refractivity (Wildman–Crippen MR) is 106 cm³/mol. The predicted octanol–water partition coefficient (Wildman–Crippen LogP) is 3.11. The number of nitrogens with zero attached hydrogens (tertiary/aromatic N) is 1. The summed E-state index contributed by atoms with van der Waals surface area (Å²) in [5.74, 6) is 1.62. The van der Waals surface area contributed by atoms with Crippen molar-refractivity contribution in [3.63, 3.8) is 0 Å². The lowest BCUT2D eigenvalue weighted by atomic mass is 10.0. The Morgan fingerprint density at radius 2 is 2.00 bits per heavy atom. The van der Waals surface area contributed by atoms with E-state index in [2.05, 4.69) is 5.32 Å². The lowest BCUT2D eigenvalue weighted by Crippen LogP contribution is -2.39. The number of carbonyl (C=O) groups excluding carboxylic acids is 1. The molecule has 6 heteroatoms. The van der Waals surface area contributed by atoms with Crippen LogP contribution in [0.1, 0.15) is 12.0 Å². The monoisotopic (exact) mass is 370 g/mol. The molecule has 0 bridgehead atoms. The Morgan fingerprint density at radius 1 is 1.11 bits per heavy atom. The van der Waals surface area contributed by atoms with Crippen molar-refractivity contribution < 1.29 is 19.0 Å². The number of anilines is 2. The van der Waals surface area contributed by atoms with E-state index in [4.69, 9.17) is 14.2 Å². The number of aryl methyl sites for hydroxylation is 1. The number of carbonyl (C=O) groups is 1. The van der Waals surface area contributed by atoms with Crippen LogP contribution in [0.4, 0.5) is 11.4 Å². The van der Waals surface area contributed by atoms with Crippen molar-refractivity contribution in [3.05, 3.63) is 48.0 Å². The molecule has 0 atom stereocenters. The minimum absolute atomic E-state index is 0.0480. The molecule has 3 rings (SSSR count). The molecule has 1 amide bonds. The topological polar surface area (TPSA) is 60.0 Å². The Balaban J connectivity index is 1.61. The normalized spacial score (nSPS) is 13.0. The SMILES string of the molecule is COCCOc1cccc(NCC(=O)N2CCCc3cc(OC)ccc32)c1. The Kier molecular flexibility index (Phi) is 6.54. The molecular formula is C21H26N2O4. The highest BCUT2D eigenvalue weighted by Gasteiger charge is 2.22. The van der Waals surface area contributed by atoms with Crippen molar-refractivity contribution in [2.24, 2.45) is 0 Å². The molecule has 0 unspecified atom stereocenters. The van der Waals surface area contributed by atoms with Gasteiger partial charge in [-0.2, -0.15) is 0 Å². The zero-order valence-corrected chi connectivity index (χ0v) is 15.9. The summed E-state index contributed by atoms with van der Waals surface area (Å²) < 4.78 is 15.9. The summed E-state index contributed by atoms with van der Waals surface area (Å²) in [4.78, 5) is 14.6. The van der Waals surface area contributed by atoms with Gasteiger partial charge in [0, 0.05) is 31.1 Å². The zero-order valence-electron chi connectivity index (χ0n) is 15.9. The van der Waals surface area contributed by atoms with Gasteiger partial charge in [-0.05, 0) is 48.7 Å². The molecule has 2 aromatic carbocycles. The summed E-state index contributed by atoms with van der Waals surface area (Å²) in [6, 6.07) is 13.5. The fourth-order valence-electron chi connectivity index (χ4n) is 3.17. The smallest absolute Gasteiger partial charge is 0.246 e. The highest BCUT2D eigenvalue weighted by atomic mass is 16.5. The molecule has 0 radical (unpaired) electrons. The van der Waals surface area contributed by atoms with E-state index in [0.717, 1.165) is 47.8 Å². The highest BCUT2D eigenvalue weighted by Crippen LogP contribution is 2.30. The van der Waals surface area contributed by atoms with E-state index in [9.17, 15) is 4.79 Å². The van der Waals surface area contributed by atoms with Gasteiger partial charge in [0.2, 0.25) is 5.91 Å². The first-order valence-electron chi connectivity index (χ1n) is 9.14. The second kappa shape index (κ2) is 9.28. The van der Waals surface area contributed by atoms with Gasteiger partial charge in [0.15, 0.2) is 0 Å². The first-order chi connectivity index (χ1) is 13.2. The van der Waals surface area contributed by atoms with Gasteiger partial charge < -0.3 is 24.4 Å². The molecule has 6 nitrogen and oxygen atoms in total. The number of fused-ring (bicyclic) bond motifs is 1. The van der Waals surface area contributed by atoms with E-state index in [1.54, 1.807) is 14.2 Å². The molecule has 144 valence electrons. The van der Waals surface area contributed by atoms with Crippen LogP contribution in [0, 0.1) is 0 Å². The van der Waals surface area contributed by atoms with Crippen LogP contribution in [0.25, 0.3) is 0 Å². The van der Waals surface area contributed by atoms with Gasteiger partial charge in [-0.3, -0.25) is 4.79 Å². The lowest BCUT2D eigenvalue weighted by molar-refractivity contribution is -0.117. The van der Waals surface area contributed by atoms with Crippen LogP contribution >= 0.6 is 0 Å². The van der Waals surface area contributed by atoms with Crippen molar-refractivity contribution in [2.75, 3.05) is 50.7 Å². The number of amides is 1. The van der Waals surface area contributed by atoms with Crippen LogP contribution in [0.3, 0.4) is 0 Å². The molecule has 0 aliphatic carbocycles. The number of rotatable bonds is 8. The summed E-state index contributed by atoms with van der Waals surface area (Å²) in [6.07, 6.45) is 1.92. The summed E-state index contributed by atoms with van der Waals surface area (Å²) >= 11 is 0. The van der Waals surface area contributed by atoms with Crippen LogP contribution in [-0.4, -0.2) is 46.4 Å². The minimum atomic E-state index is 0.0480. The van der Waals surface area contributed by atoms with Crippen molar-refractivity contribution in [3.8, 4) is 11.5 Å². The first kappa shape index (κ1) is 19.0. The van der Waals surface area contributed by atoms with Crippen molar-refractivity contribution in [2.45, 2.75) is 12.8 Å². The van der Waals surface area contributed by atoms with Crippen molar-refractivity contribution in [1.29, 1.82) is 0 Å². The maximum Gasteiger partial charge on any atom is 0.246 e. The Hall–Kier alpha value is -2.73. The molecule has 1 N–H and O–H groups in total. The van der Waals surface area contributed by atoms with E-state index in [1.807, 2.05) is 47.4 Å². The number of nitrogens with one attached hydrogen (secondary N) is 1. The Morgan fingerprint density at radius 3 is 2.81 bits per heavy atom. The van der Waals surface area contributed by atoms with Crippen LogP contribution in [-0.2, 0) is 16.0 Å². The summed E-state index contributed by atoms with van der Waals surface area (Å²) in [6.45, 7) is 2.00. The largest absolute Gasteiger partial charge is 0.497 e. The fourth-order valence-corrected chi connectivity index (χ4v) is 3.17. The molecule has 1 aliphatic heterocycles. The van der Waals surface area contributed by atoms with E-state index in [-0.39, 0.29) is 12.5 Å². The summed E-state index contributed by atoms with van der Waals surface area (Å²) in [5.41, 5.74) is 2.98. The Bertz CT molecular complexity index is 779. The molecule has 0 spiro atoms. The second-order valence-corrected chi connectivity index (χ2v) is 6.37. The second-order valence-electron chi connectivity index (χ2n) is 6.37. The van der Waals surface area contributed by atoms with Gasteiger partial charge in [-0.15, -0.1) is 0 Å². The zero-order chi connectivity index (χ0) is 19.1. The summed E-state index contributed by atoms with van der Waals surface area (Å²) in [7, 11) is 3.30. The van der Waals surface area contributed by atoms with Crippen molar-refractivity contribution >= 4 is 17.3 Å². The van der Waals surface area contributed by atoms with E-state index < -0.39 is 0 Å². The van der Waals surface area contributed by atoms with Gasteiger partial charge in [0.05, 0.1) is 20.3 Å². The van der Waals surface area contributed by atoms with Gasteiger partial charge in [-0.1, -0.05) is 6.07 Å². The van der Waals surface area contributed by atoms with Gasteiger partial charge in [0.25, 0.3) is 0 Å². The Labute approximate surface area is 160 Å². The third kappa shape index (κ3) is 4.92. The fraction of sp³-hybridized carbons (Fsp3) is 0.381. The third-order valence-corrected chi connectivity index (χ3v) is 4.54. The van der Waals surface area contributed by atoms with E-state index >= 15 is 0 Å². The number of hydrogen-bond acceptors (Lipinski definition) is 5. The van der Waals surface area contributed by atoms with Gasteiger partial charge in [-0.25, -0.2) is 0 Å². The van der Waals surface area contributed by atoms with E-state index in [1.165, 1.54) is 0 Å². The molecule has 0 fully saturated rings. The average Bonchev–Trinajstić information content (AvgIpc) is 2.71. The van der Waals surface area contributed by atoms with E-state index in [0.29, 0.717) is 13.2 Å². The number of hydrogen-bond donors (Lipinski definition) is 1. The third-order valence-electron chi connectivity index (χ3n) is 4.54. The molecule has 0 aromatic heterocycles.